The van der Waals surface area contributed by atoms with Gasteiger partial charge in [0.1, 0.15) is 0 Å². The van der Waals surface area contributed by atoms with Crippen LogP contribution in [0.4, 0.5) is 0 Å². The first-order valence-electron chi connectivity index (χ1n) is 7.26. The van der Waals surface area contributed by atoms with Crippen molar-refractivity contribution in [2.24, 2.45) is 7.05 Å². The van der Waals surface area contributed by atoms with Gasteiger partial charge >= 0.3 is 0 Å². The number of amides is 1. The van der Waals surface area contributed by atoms with Gasteiger partial charge in [-0.1, -0.05) is 5.16 Å². The number of rotatable bonds is 4. The average Bonchev–Trinajstić information content (AvgIpc) is 3.31. The molecule has 0 aliphatic heterocycles. The molecule has 3 aromatic heterocycles. The summed E-state index contributed by atoms with van der Waals surface area (Å²) in [5, 5.41) is 6.73. The zero-order valence-corrected chi connectivity index (χ0v) is 13.6. The number of carbonyl (C=O) groups excluding carboxylic acids is 1. The number of nitrogens with zero attached hydrogens (tertiary/aromatic N) is 4. The summed E-state index contributed by atoms with van der Waals surface area (Å²) >= 11 is 1.50. The number of thiazole rings is 1. The molecular formula is C16H13N5O2S. The Labute approximate surface area is 140 Å². The lowest BCUT2D eigenvalue weighted by Gasteiger charge is -2.02. The molecule has 8 heteroatoms. The maximum Gasteiger partial charge on any atom is 0.251 e. The lowest BCUT2D eigenvalue weighted by atomic mass is 10.2. The van der Waals surface area contributed by atoms with E-state index in [1.54, 1.807) is 11.6 Å². The predicted molar refractivity (Wildman–Crippen MR) is 89.5 cm³/mol. The third-order valence-electron chi connectivity index (χ3n) is 3.63. The van der Waals surface area contributed by atoms with Gasteiger partial charge in [0.2, 0.25) is 11.7 Å². The monoisotopic (exact) mass is 339 g/mol. The summed E-state index contributed by atoms with van der Waals surface area (Å²) in [6, 6.07) is 9.22. The van der Waals surface area contributed by atoms with Crippen LogP contribution < -0.4 is 5.32 Å². The Morgan fingerprint density at radius 1 is 1.38 bits per heavy atom. The molecule has 0 aliphatic rings. The minimum Gasteiger partial charge on any atom is -0.348 e. The van der Waals surface area contributed by atoms with Gasteiger partial charge in [0.05, 0.1) is 28.0 Å². The summed E-state index contributed by atoms with van der Waals surface area (Å²) in [6.07, 6.45) is 1.91. The van der Waals surface area contributed by atoms with Crippen molar-refractivity contribution in [2.75, 3.05) is 0 Å². The highest BCUT2D eigenvalue weighted by molar-refractivity contribution is 7.16. The zero-order valence-electron chi connectivity index (χ0n) is 12.8. The largest absolute Gasteiger partial charge is 0.348 e. The van der Waals surface area contributed by atoms with E-state index in [1.165, 1.54) is 11.3 Å². The third kappa shape index (κ3) is 2.67. The van der Waals surface area contributed by atoms with E-state index in [-0.39, 0.29) is 12.5 Å². The Morgan fingerprint density at radius 3 is 3.12 bits per heavy atom. The molecule has 0 aliphatic carbocycles. The number of benzene rings is 1. The fourth-order valence-corrected chi connectivity index (χ4v) is 3.09. The van der Waals surface area contributed by atoms with Crippen molar-refractivity contribution >= 4 is 27.5 Å². The molecule has 7 nitrogen and oxygen atoms in total. The summed E-state index contributed by atoms with van der Waals surface area (Å²) in [4.78, 5) is 20.8. The second-order valence-electron chi connectivity index (χ2n) is 5.23. The second kappa shape index (κ2) is 5.89. The average molecular weight is 339 g/mol. The number of carbonyl (C=O) groups is 1. The van der Waals surface area contributed by atoms with Gasteiger partial charge in [-0.2, -0.15) is 4.98 Å². The lowest BCUT2D eigenvalue weighted by molar-refractivity contribution is 0.0946. The van der Waals surface area contributed by atoms with Crippen LogP contribution in [0.2, 0.25) is 0 Å². The fraction of sp³-hybridized carbons (Fsp3) is 0.125. The number of hydrogen-bond acceptors (Lipinski definition) is 6. The Balaban J connectivity index is 1.45. The molecule has 0 radical (unpaired) electrons. The normalized spacial score (nSPS) is 11.0. The van der Waals surface area contributed by atoms with E-state index >= 15 is 0 Å². The van der Waals surface area contributed by atoms with Gasteiger partial charge in [-0.25, -0.2) is 4.98 Å². The van der Waals surface area contributed by atoms with Gasteiger partial charge in [-0.3, -0.25) is 4.79 Å². The quantitative estimate of drug-likeness (QED) is 0.618. The number of hydrogen-bond donors (Lipinski definition) is 1. The molecule has 1 N–H and O–H groups in total. The number of aromatic nitrogens is 4. The van der Waals surface area contributed by atoms with Crippen molar-refractivity contribution in [3.63, 3.8) is 0 Å². The molecule has 0 unspecified atom stereocenters. The third-order valence-corrected chi connectivity index (χ3v) is 4.43. The molecule has 120 valence electrons. The molecule has 1 aromatic carbocycles. The van der Waals surface area contributed by atoms with E-state index in [1.807, 2.05) is 42.1 Å². The molecule has 4 rings (SSSR count). The van der Waals surface area contributed by atoms with Crippen LogP contribution >= 0.6 is 11.3 Å². The van der Waals surface area contributed by atoms with Gasteiger partial charge in [-0.15, -0.1) is 11.3 Å². The van der Waals surface area contributed by atoms with Crippen LogP contribution in [0, 0.1) is 0 Å². The summed E-state index contributed by atoms with van der Waals surface area (Å²) in [5.41, 5.74) is 4.08. The number of fused-ring (bicyclic) bond motifs is 1. The van der Waals surface area contributed by atoms with Gasteiger partial charge in [0.25, 0.3) is 5.91 Å². The van der Waals surface area contributed by atoms with Crippen molar-refractivity contribution in [3.8, 4) is 11.5 Å². The molecule has 24 heavy (non-hydrogen) atoms. The van der Waals surface area contributed by atoms with Crippen molar-refractivity contribution in [2.45, 2.75) is 6.54 Å². The van der Waals surface area contributed by atoms with Crippen LogP contribution in [-0.2, 0) is 13.6 Å². The Morgan fingerprint density at radius 2 is 2.29 bits per heavy atom. The van der Waals surface area contributed by atoms with Crippen LogP contribution in [0.25, 0.3) is 21.7 Å². The Bertz CT molecular complexity index is 1020. The molecular weight excluding hydrogens is 326 g/mol. The van der Waals surface area contributed by atoms with Gasteiger partial charge in [0.15, 0.2) is 0 Å². The first-order chi connectivity index (χ1) is 11.7. The maximum atomic E-state index is 12.3. The first kappa shape index (κ1) is 14.6. The van der Waals surface area contributed by atoms with E-state index in [4.69, 9.17) is 4.52 Å². The van der Waals surface area contributed by atoms with E-state index in [0.717, 1.165) is 15.9 Å². The lowest BCUT2D eigenvalue weighted by Crippen LogP contribution is -2.22. The molecule has 0 bridgehead atoms. The van der Waals surface area contributed by atoms with Crippen LogP contribution in [0.15, 0.2) is 46.6 Å². The van der Waals surface area contributed by atoms with E-state index in [0.29, 0.717) is 17.3 Å². The van der Waals surface area contributed by atoms with Crippen LogP contribution in [0.5, 0.6) is 0 Å². The van der Waals surface area contributed by atoms with Crippen molar-refractivity contribution in [1.29, 1.82) is 0 Å². The van der Waals surface area contributed by atoms with Crippen molar-refractivity contribution in [3.05, 3.63) is 53.5 Å². The van der Waals surface area contributed by atoms with Gasteiger partial charge < -0.3 is 14.4 Å². The van der Waals surface area contributed by atoms with Gasteiger partial charge in [-0.05, 0) is 30.3 Å². The highest BCUT2D eigenvalue weighted by Crippen LogP contribution is 2.19. The molecule has 0 spiro atoms. The van der Waals surface area contributed by atoms with Crippen LogP contribution in [-0.4, -0.2) is 25.6 Å². The molecule has 4 aromatic rings. The second-order valence-corrected chi connectivity index (χ2v) is 6.12. The van der Waals surface area contributed by atoms with Crippen LogP contribution in [0.1, 0.15) is 16.2 Å². The summed E-state index contributed by atoms with van der Waals surface area (Å²) in [6.45, 7) is 0.178. The number of nitrogens with one attached hydrogen (secondary N) is 1. The Kier molecular flexibility index (Phi) is 3.58. The van der Waals surface area contributed by atoms with E-state index < -0.39 is 0 Å². The SMILES string of the molecule is Cn1cccc1-c1noc(CNC(=O)c2ccc3ncsc3c2)n1. The van der Waals surface area contributed by atoms with Crippen molar-refractivity contribution < 1.29 is 9.32 Å². The highest BCUT2D eigenvalue weighted by Gasteiger charge is 2.13. The van der Waals surface area contributed by atoms with Crippen molar-refractivity contribution in [1.82, 2.24) is 25.0 Å². The fourth-order valence-electron chi connectivity index (χ4n) is 2.38. The van der Waals surface area contributed by atoms with E-state index in [2.05, 4.69) is 20.4 Å². The minimum atomic E-state index is -0.191. The topological polar surface area (TPSA) is 85.8 Å². The molecule has 0 saturated carbocycles. The standard InChI is InChI=1S/C16H13N5O2S/c1-21-6-2-3-12(21)15-19-14(23-20-15)8-17-16(22)10-4-5-11-13(7-10)24-9-18-11/h2-7,9H,8H2,1H3,(H,17,22). The van der Waals surface area contributed by atoms with Crippen LogP contribution in [0.3, 0.4) is 0 Å². The molecule has 0 atom stereocenters. The Hall–Kier alpha value is -3.00. The predicted octanol–water partition coefficient (Wildman–Crippen LogP) is 2.61. The zero-order chi connectivity index (χ0) is 16.5. The summed E-state index contributed by atoms with van der Waals surface area (Å²) in [5.74, 6) is 0.667. The maximum absolute atomic E-state index is 12.3. The summed E-state index contributed by atoms with van der Waals surface area (Å²) in [7, 11) is 1.91. The molecule has 0 fully saturated rings. The minimum absolute atomic E-state index is 0.178. The first-order valence-corrected chi connectivity index (χ1v) is 8.14. The van der Waals surface area contributed by atoms with E-state index in [9.17, 15) is 4.79 Å². The molecule has 0 saturated heterocycles. The smallest absolute Gasteiger partial charge is 0.251 e. The number of aryl methyl sites for hydroxylation is 1. The highest BCUT2D eigenvalue weighted by atomic mass is 32.1. The molecule has 3 heterocycles. The molecule has 1 amide bonds. The summed E-state index contributed by atoms with van der Waals surface area (Å²) < 4.78 is 8.07. The van der Waals surface area contributed by atoms with Gasteiger partial charge in [0, 0.05) is 18.8 Å².